The molecule has 0 atom stereocenters. The second-order valence-electron chi connectivity index (χ2n) is 6.77. The first-order valence-electron chi connectivity index (χ1n) is 9.07. The number of amides is 1. The Hall–Kier alpha value is -3.25. The summed E-state index contributed by atoms with van der Waals surface area (Å²) in [5.41, 5.74) is 4.03. The van der Waals surface area contributed by atoms with Gasteiger partial charge in [0.15, 0.2) is 0 Å². The van der Waals surface area contributed by atoms with E-state index in [-0.39, 0.29) is 11.5 Å². The predicted octanol–water partition coefficient (Wildman–Crippen LogP) is 5.69. The first-order valence-corrected chi connectivity index (χ1v) is 9.86. The van der Waals surface area contributed by atoms with Crippen LogP contribution in [0.25, 0.3) is 11.0 Å². The zero-order chi connectivity index (χ0) is 20.4. The van der Waals surface area contributed by atoms with Gasteiger partial charge in [-0.15, -0.1) is 0 Å². The average molecular weight is 448 g/mol. The summed E-state index contributed by atoms with van der Waals surface area (Å²) in [7, 11) is 0. The van der Waals surface area contributed by atoms with Crippen LogP contribution in [0.5, 0.6) is 0 Å². The highest BCUT2D eigenvalue weighted by Gasteiger charge is 2.14. The van der Waals surface area contributed by atoms with Crippen LogP contribution in [0.15, 0.2) is 80.7 Å². The van der Waals surface area contributed by atoms with E-state index in [0.29, 0.717) is 22.7 Å². The van der Waals surface area contributed by atoms with Crippen LogP contribution in [-0.2, 0) is 0 Å². The van der Waals surface area contributed by atoms with Gasteiger partial charge in [0.05, 0.1) is 5.69 Å². The van der Waals surface area contributed by atoms with Gasteiger partial charge < -0.3 is 9.73 Å². The van der Waals surface area contributed by atoms with Gasteiger partial charge in [0.1, 0.15) is 17.0 Å². The number of carbonyl (C=O) groups is 1. The maximum atomic E-state index is 13.0. The Bertz CT molecular complexity index is 1280. The van der Waals surface area contributed by atoms with E-state index < -0.39 is 0 Å². The standard InChI is InChI=1S/C23H18BrN3O2/c1-14-4-3-5-18(10-14)26-23-19(12-16-11-17(24)7-8-20(16)29-23)22(28)27-21-9-6-15(2)13-25-21/h3-13H,1-2H3,(H,25,27,28). The molecule has 1 amide bonds. The Kier molecular flexibility index (Phi) is 5.27. The molecule has 6 heteroatoms. The SMILES string of the molecule is Cc1ccc(NC(=O)c2cc3cc(Br)ccc3oc2=Nc2cccc(C)c2)nc1. The molecule has 5 nitrogen and oxygen atoms in total. The van der Waals surface area contributed by atoms with Crippen LogP contribution in [0.2, 0.25) is 0 Å². The number of halogens is 1. The second kappa shape index (κ2) is 8.01. The van der Waals surface area contributed by atoms with Gasteiger partial charge in [-0.05, 0) is 67.4 Å². The Labute approximate surface area is 176 Å². The Balaban J connectivity index is 1.85. The van der Waals surface area contributed by atoms with Crippen molar-refractivity contribution < 1.29 is 9.21 Å². The molecular weight excluding hydrogens is 430 g/mol. The summed E-state index contributed by atoms with van der Waals surface area (Å²) in [6.45, 7) is 3.93. The summed E-state index contributed by atoms with van der Waals surface area (Å²) in [6, 6.07) is 18.8. The van der Waals surface area contributed by atoms with E-state index in [9.17, 15) is 4.79 Å². The molecule has 4 aromatic rings. The van der Waals surface area contributed by atoms with Crippen molar-refractivity contribution in [1.82, 2.24) is 4.98 Å². The van der Waals surface area contributed by atoms with Crippen molar-refractivity contribution >= 4 is 44.3 Å². The Morgan fingerprint density at radius 2 is 1.90 bits per heavy atom. The fourth-order valence-corrected chi connectivity index (χ4v) is 3.27. The normalized spacial score (nSPS) is 11.6. The summed E-state index contributed by atoms with van der Waals surface area (Å²) in [5.74, 6) is 0.134. The first-order chi connectivity index (χ1) is 14.0. The van der Waals surface area contributed by atoms with Gasteiger partial charge in [0.2, 0.25) is 5.55 Å². The van der Waals surface area contributed by atoms with Crippen molar-refractivity contribution in [1.29, 1.82) is 0 Å². The zero-order valence-electron chi connectivity index (χ0n) is 15.9. The number of aryl methyl sites for hydroxylation is 2. The van der Waals surface area contributed by atoms with Crippen LogP contribution < -0.4 is 10.9 Å². The minimum atomic E-state index is -0.335. The van der Waals surface area contributed by atoms with Crippen LogP contribution in [0.3, 0.4) is 0 Å². The van der Waals surface area contributed by atoms with Gasteiger partial charge in [-0.3, -0.25) is 4.79 Å². The highest BCUT2D eigenvalue weighted by atomic mass is 79.9. The van der Waals surface area contributed by atoms with Crippen molar-refractivity contribution in [3.63, 3.8) is 0 Å². The lowest BCUT2D eigenvalue weighted by Gasteiger charge is -2.07. The fourth-order valence-electron chi connectivity index (χ4n) is 2.89. The largest absolute Gasteiger partial charge is 0.438 e. The highest BCUT2D eigenvalue weighted by Crippen LogP contribution is 2.21. The van der Waals surface area contributed by atoms with Gasteiger partial charge in [-0.2, -0.15) is 0 Å². The van der Waals surface area contributed by atoms with Crippen molar-refractivity contribution in [2.45, 2.75) is 13.8 Å². The van der Waals surface area contributed by atoms with Crippen LogP contribution in [-0.4, -0.2) is 10.9 Å². The first kappa shape index (κ1) is 19.1. The van der Waals surface area contributed by atoms with Crippen LogP contribution in [0.4, 0.5) is 11.5 Å². The summed E-state index contributed by atoms with van der Waals surface area (Å²) in [4.78, 5) is 21.9. The second-order valence-corrected chi connectivity index (χ2v) is 7.69. The van der Waals surface area contributed by atoms with Crippen molar-refractivity contribution in [2.75, 3.05) is 5.32 Å². The van der Waals surface area contributed by atoms with Crippen molar-refractivity contribution in [2.24, 2.45) is 4.99 Å². The summed E-state index contributed by atoms with van der Waals surface area (Å²) in [5, 5.41) is 3.62. The van der Waals surface area contributed by atoms with Crippen molar-refractivity contribution in [3.05, 3.63) is 93.6 Å². The van der Waals surface area contributed by atoms with Crippen LogP contribution >= 0.6 is 15.9 Å². The third-order valence-electron chi connectivity index (χ3n) is 4.34. The quantitative estimate of drug-likeness (QED) is 0.438. The van der Waals surface area contributed by atoms with Gasteiger partial charge in [0, 0.05) is 16.1 Å². The van der Waals surface area contributed by atoms with E-state index in [1.807, 2.05) is 62.4 Å². The minimum absolute atomic E-state index is 0.245. The van der Waals surface area contributed by atoms with Gasteiger partial charge in [-0.1, -0.05) is 34.1 Å². The predicted molar refractivity (Wildman–Crippen MR) is 117 cm³/mol. The molecule has 0 aliphatic rings. The summed E-state index contributed by atoms with van der Waals surface area (Å²) >= 11 is 3.46. The fraction of sp³-hybridized carbons (Fsp3) is 0.0870. The zero-order valence-corrected chi connectivity index (χ0v) is 17.5. The molecule has 0 radical (unpaired) electrons. The minimum Gasteiger partial charge on any atom is -0.438 e. The smallest absolute Gasteiger partial charge is 0.262 e. The number of carbonyl (C=O) groups excluding carboxylic acids is 1. The van der Waals surface area contributed by atoms with Crippen LogP contribution in [0.1, 0.15) is 21.5 Å². The number of nitrogens with one attached hydrogen (secondary N) is 1. The van der Waals surface area contributed by atoms with E-state index in [0.717, 1.165) is 21.0 Å². The molecule has 29 heavy (non-hydrogen) atoms. The van der Waals surface area contributed by atoms with Gasteiger partial charge in [0.25, 0.3) is 5.91 Å². The molecule has 0 bridgehead atoms. The van der Waals surface area contributed by atoms with E-state index in [4.69, 9.17) is 4.42 Å². The van der Waals surface area contributed by atoms with Crippen LogP contribution in [0, 0.1) is 13.8 Å². The third-order valence-corrected chi connectivity index (χ3v) is 4.83. The number of anilines is 1. The molecule has 0 aliphatic carbocycles. The van der Waals surface area contributed by atoms with Gasteiger partial charge >= 0.3 is 0 Å². The summed E-state index contributed by atoms with van der Waals surface area (Å²) < 4.78 is 6.90. The number of nitrogens with zero attached hydrogens (tertiary/aromatic N) is 2. The Morgan fingerprint density at radius 3 is 2.66 bits per heavy atom. The molecule has 2 aromatic carbocycles. The van der Waals surface area contributed by atoms with E-state index in [1.54, 1.807) is 18.3 Å². The molecule has 0 unspecified atom stereocenters. The molecule has 0 spiro atoms. The molecule has 144 valence electrons. The topological polar surface area (TPSA) is 67.5 Å². The average Bonchev–Trinajstić information content (AvgIpc) is 2.69. The maximum absolute atomic E-state index is 13.0. The van der Waals surface area contributed by atoms with E-state index in [2.05, 4.69) is 31.2 Å². The molecule has 0 saturated carbocycles. The number of rotatable bonds is 3. The lowest BCUT2D eigenvalue weighted by molar-refractivity contribution is 0.102. The molecule has 2 heterocycles. The molecule has 2 aromatic heterocycles. The lowest BCUT2D eigenvalue weighted by atomic mass is 10.1. The number of pyridine rings is 1. The molecule has 0 aliphatic heterocycles. The highest BCUT2D eigenvalue weighted by molar-refractivity contribution is 9.10. The van der Waals surface area contributed by atoms with Gasteiger partial charge in [-0.25, -0.2) is 9.98 Å². The maximum Gasteiger partial charge on any atom is 0.262 e. The molecular formula is C23H18BrN3O2. The molecule has 4 rings (SSSR count). The number of aromatic nitrogens is 1. The monoisotopic (exact) mass is 447 g/mol. The number of fused-ring (bicyclic) bond motifs is 1. The third kappa shape index (κ3) is 4.43. The lowest BCUT2D eigenvalue weighted by Crippen LogP contribution is -2.22. The summed E-state index contributed by atoms with van der Waals surface area (Å²) in [6.07, 6.45) is 1.70. The molecule has 0 saturated heterocycles. The number of benzene rings is 2. The van der Waals surface area contributed by atoms with Crippen molar-refractivity contribution in [3.8, 4) is 0 Å². The number of hydrogen-bond donors (Lipinski definition) is 1. The molecule has 1 N–H and O–H groups in total. The number of hydrogen-bond acceptors (Lipinski definition) is 4. The molecule has 0 fully saturated rings. The van der Waals surface area contributed by atoms with E-state index >= 15 is 0 Å². The Morgan fingerprint density at radius 1 is 1.03 bits per heavy atom. The van der Waals surface area contributed by atoms with E-state index in [1.165, 1.54) is 0 Å².